The SMILES string of the molecule is O=[N+]([O-])c1cc(NCc2cscn2)ccc1Br. The van der Waals surface area contributed by atoms with Gasteiger partial charge in [-0.2, -0.15) is 0 Å². The molecule has 1 aromatic carbocycles. The molecule has 0 radical (unpaired) electrons. The second kappa shape index (κ2) is 5.24. The van der Waals surface area contributed by atoms with Gasteiger partial charge in [-0.25, -0.2) is 4.98 Å². The lowest BCUT2D eigenvalue weighted by Gasteiger charge is -2.04. The Morgan fingerprint density at radius 3 is 3.00 bits per heavy atom. The zero-order valence-electron chi connectivity index (χ0n) is 8.59. The van der Waals surface area contributed by atoms with Crippen LogP contribution >= 0.6 is 27.3 Å². The van der Waals surface area contributed by atoms with Crippen LogP contribution in [0.25, 0.3) is 0 Å². The third-order valence-electron chi connectivity index (χ3n) is 2.10. The van der Waals surface area contributed by atoms with Crippen LogP contribution in [0.3, 0.4) is 0 Å². The fourth-order valence-electron chi connectivity index (χ4n) is 1.28. The number of hydrogen-bond acceptors (Lipinski definition) is 5. The Hall–Kier alpha value is -1.47. The van der Waals surface area contributed by atoms with E-state index < -0.39 is 4.92 Å². The molecule has 0 aliphatic carbocycles. The maximum absolute atomic E-state index is 10.7. The number of nitrogens with zero attached hydrogens (tertiary/aromatic N) is 2. The minimum Gasteiger partial charge on any atom is -0.379 e. The van der Waals surface area contributed by atoms with Crippen LogP contribution in [0.4, 0.5) is 11.4 Å². The highest BCUT2D eigenvalue weighted by Gasteiger charge is 2.12. The molecule has 7 heteroatoms. The number of anilines is 1. The Bertz CT molecular complexity index is 530. The number of hydrogen-bond donors (Lipinski definition) is 1. The highest BCUT2D eigenvalue weighted by molar-refractivity contribution is 9.10. The number of benzene rings is 1. The topological polar surface area (TPSA) is 68.1 Å². The van der Waals surface area contributed by atoms with Crippen molar-refractivity contribution in [3.8, 4) is 0 Å². The summed E-state index contributed by atoms with van der Waals surface area (Å²) in [5.74, 6) is 0. The summed E-state index contributed by atoms with van der Waals surface area (Å²) in [7, 11) is 0. The van der Waals surface area contributed by atoms with Gasteiger partial charge in [-0.3, -0.25) is 10.1 Å². The van der Waals surface area contributed by atoms with E-state index in [9.17, 15) is 10.1 Å². The van der Waals surface area contributed by atoms with E-state index >= 15 is 0 Å². The highest BCUT2D eigenvalue weighted by Crippen LogP contribution is 2.27. The maximum Gasteiger partial charge on any atom is 0.285 e. The molecule has 1 heterocycles. The summed E-state index contributed by atoms with van der Waals surface area (Å²) in [5.41, 5.74) is 3.42. The number of rotatable bonds is 4. The molecule has 0 unspecified atom stereocenters. The van der Waals surface area contributed by atoms with Gasteiger partial charge < -0.3 is 5.32 Å². The van der Waals surface area contributed by atoms with E-state index in [0.29, 0.717) is 16.7 Å². The third kappa shape index (κ3) is 3.01. The Balaban J connectivity index is 2.11. The fourth-order valence-corrected chi connectivity index (χ4v) is 2.23. The second-order valence-corrected chi connectivity index (χ2v) is 4.83. The van der Waals surface area contributed by atoms with Crippen molar-refractivity contribution in [2.75, 3.05) is 5.32 Å². The summed E-state index contributed by atoms with van der Waals surface area (Å²) in [5, 5.41) is 15.8. The largest absolute Gasteiger partial charge is 0.379 e. The van der Waals surface area contributed by atoms with Gasteiger partial charge in [0.05, 0.1) is 27.1 Å². The van der Waals surface area contributed by atoms with Crippen molar-refractivity contribution in [1.82, 2.24) is 4.98 Å². The molecule has 17 heavy (non-hydrogen) atoms. The van der Waals surface area contributed by atoms with Gasteiger partial charge in [0.15, 0.2) is 0 Å². The fraction of sp³-hybridized carbons (Fsp3) is 0.100. The molecule has 0 spiro atoms. The van der Waals surface area contributed by atoms with Gasteiger partial charge in [-0.1, -0.05) is 0 Å². The first-order valence-corrected chi connectivity index (χ1v) is 6.45. The standard InChI is InChI=1S/C10H8BrN3O2S/c11-9-2-1-7(3-10(9)14(15)16)12-4-8-5-17-6-13-8/h1-3,5-6,12H,4H2. The number of nitro benzene ring substituents is 1. The molecule has 5 nitrogen and oxygen atoms in total. The maximum atomic E-state index is 10.7. The van der Waals surface area contributed by atoms with Gasteiger partial charge in [-0.05, 0) is 28.1 Å². The monoisotopic (exact) mass is 313 g/mol. The summed E-state index contributed by atoms with van der Waals surface area (Å²) in [6, 6.07) is 4.93. The van der Waals surface area contributed by atoms with Crippen molar-refractivity contribution in [2.45, 2.75) is 6.54 Å². The molecule has 0 saturated carbocycles. The van der Waals surface area contributed by atoms with E-state index in [2.05, 4.69) is 26.2 Å². The third-order valence-corrected chi connectivity index (χ3v) is 3.41. The molecule has 0 bridgehead atoms. The van der Waals surface area contributed by atoms with Gasteiger partial charge >= 0.3 is 0 Å². The van der Waals surface area contributed by atoms with Gasteiger partial charge in [-0.15, -0.1) is 11.3 Å². The molecular formula is C10H8BrN3O2S. The smallest absolute Gasteiger partial charge is 0.285 e. The minimum absolute atomic E-state index is 0.0493. The lowest BCUT2D eigenvalue weighted by molar-refractivity contribution is -0.385. The summed E-state index contributed by atoms with van der Waals surface area (Å²) < 4.78 is 0.474. The van der Waals surface area contributed by atoms with Crippen LogP contribution in [0.15, 0.2) is 33.6 Å². The lowest BCUT2D eigenvalue weighted by atomic mass is 10.3. The average Bonchev–Trinajstić information content (AvgIpc) is 2.80. The summed E-state index contributed by atoms with van der Waals surface area (Å²) in [4.78, 5) is 14.4. The van der Waals surface area contributed by atoms with Crippen molar-refractivity contribution in [1.29, 1.82) is 0 Å². The van der Waals surface area contributed by atoms with E-state index in [0.717, 1.165) is 5.69 Å². The molecule has 0 saturated heterocycles. The van der Waals surface area contributed by atoms with E-state index in [4.69, 9.17) is 0 Å². The molecule has 2 aromatic rings. The average molecular weight is 314 g/mol. The summed E-state index contributed by atoms with van der Waals surface area (Å²) in [6.07, 6.45) is 0. The molecule has 88 valence electrons. The molecule has 1 aromatic heterocycles. The normalized spacial score (nSPS) is 10.2. The number of nitrogens with one attached hydrogen (secondary N) is 1. The zero-order chi connectivity index (χ0) is 12.3. The van der Waals surface area contributed by atoms with E-state index in [1.807, 2.05) is 5.38 Å². The van der Waals surface area contributed by atoms with Crippen LogP contribution in [-0.2, 0) is 6.54 Å². The van der Waals surface area contributed by atoms with Crippen LogP contribution in [0, 0.1) is 10.1 Å². The summed E-state index contributed by atoms with van der Waals surface area (Å²) >= 11 is 4.66. The number of thiazole rings is 1. The quantitative estimate of drug-likeness (QED) is 0.693. The lowest BCUT2D eigenvalue weighted by Crippen LogP contribution is -2.00. The molecule has 2 rings (SSSR count). The molecular weight excluding hydrogens is 306 g/mol. The van der Waals surface area contributed by atoms with Gasteiger partial charge in [0.2, 0.25) is 0 Å². The molecule has 0 aliphatic rings. The van der Waals surface area contributed by atoms with Crippen molar-refractivity contribution < 1.29 is 4.92 Å². The van der Waals surface area contributed by atoms with Crippen molar-refractivity contribution in [3.05, 3.63) is 49.4 Å². The number of aromatic nitrogens is 1. The van der Waals surface area contributed by atoms with Crippen LogP contribution in [0.1, 0.15) is 5.69 Å². The second-order valence-electron chi connectivity index (χ2n) is 3.26. The highest BCUT2D eigenvalue weighted by atomic mass is 79.9. The van der Waals surface area contributed by atoms with E-state index in [1.165, 1.54) is 17.4 Å². The predicted octanol–water partition coefficient (Wildman–Crippen LogP) is 3.43. The van der Waals surface area contributed by atoms with Gasteiger partial charge in [0.1, 0.15) is 0 Å². The van der Waals surface area contributed by atoms with Crippen LogP contribution < -0.4 is 5.32 Å². The predicted molar refractivity (Wildman–Crippen MR) is 70.2 cm³/mol. The van der Waals surface area contributed by atoms with E-state index in [-0.39, 0.29) is 5.69 Å². The molecule has 0 fully saturated rings. The first kappa shape index (κ1) is 12.0. The van der Waals surface area contributed by atoms with Gasteiger partial charge in [0, 0.05) is 17.1 Å². The van der Waals surface area contributed by atoms with Crippen molar-refractivity contribution >= 4 is 38.6 Å². The number of halogens is 1. The zero-order valence-corrected chi connectivity index (χ0v) is 11.0. The van der Waals surface area contributed by atoms with Crippen LogP contribution in [0.2, 0.25) is 0 Å². The Kier molecular flexibility index (Phi) is 3.70. The van der Waals surface area contributed by atoms with E-state index in [1.54, 1.807) is 17.6 Å². The first-order valence-electron chi connectivity index (χ1n) is 4.71. The van der Waals surface area contributed by atoms with Crippen molar-refractivity contribution in [3.63, 3.8) is 0 Å². The molecule has 1 N–H and O–H groups in total. The Labute approximate surface area is 110 Å². The molecule has 0 atom stereocenters. The van der Waals surface area contributed by atoms with Gasteiger partial charge in [0.25, 0.3) is 5.69 Å². The summed E-state index contributed by atoms with van der Waals surface area (Å²) in [6.45, 7) is 0.558. The van der Waals surface area contributed by atoms with Crippen LogP contribution in [0.5, 0.6) is 0 Å². The Morgan fingerprint density at radius 2 is 2.35 bits per heavy atom. The van der Waals surface area contributed by atoms with Crippen LogP contribution in [-0.4, -0.2) is 9.91 Å². The number of nitro groups is 1. The molecule has 0 aliphatic heterocycles. The molecule has 0 amide bonds. The Morgan fingerprint density at radius 1 is 1.53 bits per heavy atom. The van der Waals surface area contributed by atoms with Crippen molar-refractivity contribution in [2.24, 2.45) is 0 Å². The minimum atomic E-state index is -0.419. The first-order chi connectivity index (χ1) is 8.16.